The Bertz CT molecular complexity index is 5680. The molecule has 40 nitrogen and oxygen atoms in total. The minimum absolute atomic E-state index is 0.0620. The van der Waals surface area contributed by atoms with Crippen molar-refractivity contribution < 1.29 is 117 Å². The van der Waals surface area contributed by atoms with E-state index in [1.807, 2.05) is 53.4 Å². The number of nitrogens with one attached hydrogen (secondary N) is 13. The normalized spacial score (nSPS) is 24.1. The predicted molar refractivity (Wildman–Crippen MR) is 509 cm³/mol. The van der Waals surface area contributed by atoms with E-state index in [0.717, 1.165) is 22.9 Å². The van der Waals surface area contributed by atoms with Gasteiger partial charge in [0.1, 0.15) is 84.3 Å². The summed E-state index contributed by atoms with van der Waals surface area (Å²) in [4.78, 5) is 274. The summed E-state index contributed by atoms with van der Waals surface area (Å²) in [5.41, 5.74) is 15.2. The maximum Gasteiger partial charge on any atom is 0.309 e. The molecule has 0 spiro atoms. The number of hydrogen-bond donors (Lipinski definition) is 20. The summed E-state index contributed by atoms with van der Waals surface area (Å²) >= 11 is 3.65. The summed E-state index contributed by atoms with van der Waals surface area (Å²) in [5, 5.41) is 85.7. The van der Waals surface area contributed by atoms with E-state index >= 15 is 38.4 Å². The Balaban J connectivity index is 1.10. The second-order valence-electron chi connectivity index (χ2n) is 34.7. The average Bonchev–Trinajstić information content (AvgIpc) is 1.30. The van der Waals surface area contributed by atoms with E-state index in [0.29, 0.717) is 50.3 Å². The third kappa shape index (κ3) is 30.7. The van der Waals surface area contributed by atoms with Gasteiger partial charge in [0.2, 0.25) is 88.6 Å². The molecule has 138 heavy (non-hydrogen) atoms. The van der Waals surface area contributed by atoms with Crippen molar-refractivity contribution in [3.8, 4) is 5.75 Å². The number of primary amides is 2. The fourth-order valence-corrected chi connectivity index (χ4v) is 18.4. The van der Waals surface area contributed by atoms with E-state index in [1.165, 1.54) is 66.8 Å². The van der Waals surface area contributed by atoms with Gasteiger partial charge in [-0.2, -0.15) is 35.3 Å². The Hall–Kier alpha value is -14.6. The number of carboxylic acids is 4. The van der Waals surface area contributed by atoms with Crippen molar-refractivity contribution in [1.29, 1.82) is 0 Å². The fraction of sp³-hybridized carbons (Fsp3) is 0.379. The lowest BCUT2D eigenvalue weighted by Gasteiger charge is -2.33. The van der Waals surface area contributed by atoms with Gasteiger partial charge in [-0.1, -0.05) is 149 Å². The van der Waals surface area contributed by atoms with E-state index in [1.54, 1.807) is 113 Å². The molecule has 0 radical (unpaired) electrons. The van der Waals surface area contributed by atoms with Crippen molar-refractivity contribution in [2.24, 2.45) is 28.7 Å². The number of anilines is 3. The van der Waals surface area contributed by atoms with Crippen molar-refractivity contribution in [1.82, 2.24) is 69.1 Å². The molecule has 22 N–H and O–H groups in total. The second-order valence-corrected chi connectivity index (χ2v) is 37.8. The van der Waals surface area contributed by atoms with Crippen LogP contribution in [0.25, 0.3) is 10.8 Å². The van der Waals surface area contributed by atoms with Crippen LogP contribution < -0.4 is 85.5 Å². The number of aliphatic carboxylic acids is 4. The standard InChI is InChI=1S/C95H110N16O24S3/c1-49-43-136-44-53-18-26-58(27-19-53)111-59-28-20-54(21-29-59)45-137-47-72(80(97)120)107-93(133)79(95(3,4)5)110-90(130)71(42-77(118)119)106-85(125)66(37-52-24-32-61(112)33-25-52)101-84(124)65(36-51-12-7-6-8-13-51)102-88(128)70(41-76(116)117)105-86(126)68-39-63(94(134)135)78(92(132)108-73(91(131)104-68)48-138-46-55-22-30-60(111)31-23-55)109-89(129)67(38-57-16-11-15-56-14-9-10-17-62(56)57)103-83(123)64(34-35-75(114)115)99-87(127)69(40-74(96)113)100-82(122)50(2)98-81(49)121/h6-33,49-50,63-73,78-79,112H,34-48H2,1-5H3,(H2,96,113)(H2,97,120)(H,98,121)(H,99,127)(H,100,122)(H,101,124)(H,102,128)(H,103,123)(H,104,131)(H,105,126)(H,106,125)(H,107,133)(H,108,132)(H,109,129)(H,110,130)(H,114,115)(H,116,117)(H,118,119)(H,134,135)/t49-,50+,63?,64-,65-,66-,67-,68-,69-,70-,71?,72-,73-,78+,79+/m0/s1. The van der Waals surface area contributed by atoms with Gasteiger partial charge in [0.05, 0.1) is 25.2 Å². The largest absolute Gasteiger partial charge is 0.508 e. The predicted octanol–water partition coefficient (Wildman–Crippen LogP) is 1.75. The number of carbonyl (C=O) groups excluding carboxylic acids is 15. The number of rotatable bonds is 17. The van der Waals surface area contributed by atoms with Crippen LogP contribution in [-0.2, 0) is 128 Å². The number of nitrogens with zero attached hydrogens (tertiary/aromatic N) is 1. The summed E-state index contributed by atoms with van der Waals surface area (Å²) in [5.74, 6) is -27.7. The number of thioether (sulfide) groups is 3. The van der Waals surface area contributed by atoms with Crippen molar-refractivity contribution in [3.63, 3.8) is 0 Å². The molecule has 0 aliphatic carbocycles. The molecule has 15 atom stereocenters. The van der Waals surface area contributed by atoms with Crippen LogP contribution in [0.2, 0.25) is 0 Å². The smallest absolute Gasteiger partial charge is 0.309 e. The van der Waals surface area contributed by atoms with Gasteiger partial charge in [-0.3, -0.25) is 91.1 Å². The molecular weight excluding hydrogens is 1850 g/mol. The molecule has 732 valence electrons. The lowest BCUT2D eigenvalue weighted by atomic mass is 9.85. The summed E-state index contributed by atoms with van der Waals surface area (Å²) in [6.07, 6.45) is -7.80. The molecule has 1 fully saturated rings. The first-order valence-electron chi connectivity index (χ1n) is 44.0. The van der Waals surface area contributed by atoms with Crippen molar-refractivity contribution in [3.05, 3.63) is 203 Å². The van der Waals surface area contributed by atoms with Gasteiger partial charge in [-0.05, 0) is 118 Å². The number of phenolic OH excluding ortho intramolecular Hbond substituents is 1. The van der Waals surface area contributed by atoms with Gasteiger partial charge in [-0.25, -0.2) is 0 Å². The fourth-order valence-electron chi connectivity index (χ4n) is 15.3. The van der Waals surface area contributed by atoms with Crippen LogP contribution in [0.1, 0.15) is 107 Å². The minimum atomic E-state index is -2.41. The third-order valence-electron chi connectivity index (χ3n) is 22.9. The zero-order valence-corrected chi connectivity index (χ0v) is 78.2. The molecule has 15 amide bonds. The molecule has 1 saturated heterocycles. The van der Waals surface area contributed by atoms with E-state index in [4.69, 9.17) is 11.5 Å². The highest BCUT2D eigenvalue weighted by molar-refractivity contribution is 7.99. The molecule has 6 aliphatic heterocycles. The molecule has 2 unspecified atom stereocenters. The van der Waals surface area contributed by atoms with E-state index in [-0.39, 0.29) is 34.3 Å². The molecule has 6 heterocycles. The number of aromatic hydroxyl groups is 1. The van der Waals surface area contributed by atoms with Gasteiger partial charge in [0, 0.05) is 83.2 Å². The number of carbonyl (C=O) groups is 19. The highest BCUT2D eigenvalue weighted by Crippen LogP contribution is 2.37. The Morgan fingerprint density at radius 3 is 1.35 bits per heavy atom. The summed E-state index contributed by atoms with van der Waals surface area (Å²) in [6, 6.07) is 21.5. The van der Waals surface area contributed by atoms with Crippen LogP contribution in [0.3, 0.4) is 0 Å². The van der Waals surface area contributed by atoms with Crippen molar-refractivity contribution >= 4 is 176 Å². The first-order chi connectivity index (χ1) is 65.5. The molecule has 7 aromatic rings. The summed E-state index contributed by atoms with van der Waals surface area (Å²) in [7, 11) is 0. The molecule has 6 aliphatic rings. The molecular formula is C95H110N16O24S3. The Kier molecular flexibility index (Phi) is 37.6. The van der Waals surface area contributed by atoms with E-state index in [9.17, 15) is 78.3 Å². The first-order valence-corrected chi connectivity index (χ1v) is 47.5. The van der Waals surface area contributed by atoms with Crippen molar-refractivity contribution in [2.45, 2.75) is 188 Å². The first kappa shape index (κ1) is 105. The zero-order chi connectivity index (χ0) is 100. The topological polar surface area (TPSA) is 637 Å². The SMILES string of the molecule is C[C@H]1CSCc2ccc(cc2)N2c3ccc(cc3)CSC[C@@H](C(N)=O)NC(=O)[C@H](C(C)(C)C)NC(=O)C(CC(=O)O)NC(=O)[C@H](Cc3ccc(O)cc3)NC(=O)[C@H](Cc3ccccc3)NC(=O)[C@H](CC(=O)O)NC(=O)[C@@H]3CC(C(=O)O)[C@@H](NC(=O)[C@H](Cc4cccc5ccccc45)NC(=O)[C@H](CCC(=O)O)NC(=O)[C@H](CC(N)=O)NC(=O)[C@@H](C)NC1=O)C(=O)N[C@@H](CSCc1ccc2cc1)C(=O)N3. The zero-order valence-electron chi connectivity index (χ0n) is 75.8. The molecule has 10 bridgehead atoms. The number of hydrogen-bond acceptors (Lipinski definition) is 24. The molecule has 0 saturated carbocycles. The van der Waals surface area contributed by atoms with Crippen LogP contribution >= 0.6 is 35.3 Å². The lowest BCUT2D eigenvalue weighted by Crippen LogP contribution is -2.62. The van der Waals surface area contributed by atoms with Crippen LogP contribution in [0.4, 0.5) is 17.1 Å². The highest BCUT2D eigenvalue weighted by Gasteiger charge is 2.46. The van der Waals surface area contributed by atoms with Gasteiger partial charge >= 0.3 is 23.9 Å². The number of amides is 15. The van der Waals surface area contributed by atoms with Gasteiger partial charge in [-0.15, -0.1) is 0 Å². The van der Waals surface area contributed by atoms with Crippen LogP contribution in [0, 0.1) is 17.3 Å². The maximum atomic E-state index is 15.7. The third-order valence-corrected chi connectivity index (χ3v) is 26.3. The number of benzene rings is 7. The Morgan fingerprint density at radius 1 is 0.391 bits per heavy atom. The number of nitrogens with two attached hydrogens (primary N) is 2. The van der Waals surface area contributed by atoms with E-state index in [2.05, 4.69) is 69.1 Å². The minimum Gasteiger partial charge on any atom is -0.508 e. The van der Waals surface area contributed by atoms with Crippen molar-refractivity contribution in [2.75, 3.05) is 22.2 Å². The van der Waals surface area contributed by atoms with Crippen LogP contribution in [-0.4, -0.2) is 234 Å². The second kappa shape index (κ2) is 49.2. The molecule has 7 aromatic carbocycles. The molecule has 13 rings (SSSR count). The Morgan fingerprint density at radius 2 is 0.826 bits per heavy atom. The average molecular weight is 1960 g/mol. The Labute approximate surface area is 804 Å². The highest BCUT2D eigenvalue weighted by atomic mass is 32.2. The quantitative estimate of drug-likeness (QED) is 0.0578. The monoisotopic (exact) mass is 1950 g/mol. The summed E-state index contributed by atoms with van der Waals surface area (Å²) in [6.45, 7) is 7.55. The summed E-state index contributed by atoms with van der Waals surface area (Å²) < 4.78 is 0. The van der Waals surface area contributed by atoms with E-state index < -0.39 is 272 Å². The van der Waals surface area contributed by atoms with Gasteiger partial charge < -0.3 is 111 Å². The van der Waals surface area contributed by atoms with Gasteiger partial charge in [0.25, 0.3) is 0 Å². The number of fused-ring (bicyclic) bond motifs is 25. The maximum absolute atomic E-state index is 15.7. The van der Waals surface area contributed by atoms with Gasteiger partial charge in [0.15, 0.2) is 0 Å². The van der Waals surface area contributed by atoms with Crippen LogP contribution in [0.15, 0.2) is 170 Å². The number of phenols is 1. The molecule has 43 heteroatoms. The molecule has 0 aromatic heterocycles. The lowest BCUT2D eigenvalue weighted by molar-refractivity contribution is -0.147. The van der Waals surface area contributed by atoms with Crippen LogP contribution in [0.5, 0.6) is 5.75 Å². The number of carboxylic acid groups (broad SMARTS) is 4.